The third kappa shape index (κ3) is 7.02. The van der Waals surface area contributed by atoms with E-state index in [1.54, 1.807) is 0 Å². The van der Waals surface area contributed by atoms with Crippen molar-refractivity contribution in [3.63, 3.8) is 0 Å². The van der Waals surface area contributed by atoms with Crippen LogP contribution in [0.1, 0.15) is 116 Å². The molecule has 3 heteroatoms. The van der Waals surface area contributed by atoms with Gasteiger partial charge in [0.25, 0.3) is 0 Å². The van der Waals surface area contributed by atoms with E-state index in [4.69, 9.17) is 0 Å². The maximum Gasteiger partial charge on any atom is -1.00 e. The molecule has 0 atom stereocenters. The van der Waals surface area contributed by atoms with Gasteiger partial charge in [-0.1, -0.05) is 0 Å². The van der Waals surface area contributed by atoms with Gasteiger partial charge in [-0.15, -0.1) is 0 Å². The standard InChI is InChI=1S/C41H49.2ClH.Zr/c1-38(2,3)30-17-13-26(14-18-30)34-22-28-21-29-23-35(27-15-19-31(20-16-27)39(4,5)6)37(41(10,11)12)25-33(29)32(28)24-36(34)40(7,8)9;;;/h13-20,22,24-25H,21H2,1-12H3;2*1H;/q;;;+2/p-2. The van der Waals surface area contributed by atoms with Gasteiger partial charge in [-0.25, -0.2) is 0 Å². The molecule has 5 rings (SSSR count). The quantitative estimate of drug-likeness (QED) is 0.244. The molecule has 0 spiro atoms. The van der Waals surface area contributed by atoms with Gasteiger partial charge < -0.3 is 24.8 Å². The second-order valence-corrected chi connectivity index (χ2v) is 17.8. The summed E-state index contributed by atoms with van der Waals surface area (Å²) in [5, 5.41) is 0. The Morgan fingerprint density at radius 3 is 1.34 bits per heavy atom. The van der Waals surface area contributed by atoms with E-state index in [2.05, 4.69) is 150 Å². The zero-order valence-corrected chi connectivity index (χ0v) is 32.8. The summed E-state index contributed by atoms with van der Waals surface area (Å²) in [5.74, 6) is 0. The fourth-order valence-corrected chi connectivity index (χ4v) is 7.65. The van der Waals surface area contributed by atoms with Gasteiger partial charge in [0.1, 0.15) is 0 Å². The average molecular weight is 704 g/mol. The summed E-state index contributed by atoms with van der Waals surface area (Å²) in [5.41, 5.74) is 17.5. The first-order valence-electron chi connectivity index (χ1n) is 15.6. The molecule has 1 aliphatic rings. The summed E-state index contributed by atoms with van der Waals surface area (Å²) in [6.07, 6.45) is 1.01. The minimum atomic E-state index is 0. The fraction of sp³-hybridized carbons (Fsp3) is 0.415. The van der Waals surface area contributed by atoms with Crippen LogP contribution in [0.25, 0.3) is 33.4 Å². The van der Waals surface area contributed by atoms with Gasteiger partial charge in [0, 0.05) is 0 Å². The third-order valence-electron chi connectivity index (χ3n) is 9.05. The molecule has 1 aliphatic carbocycles. The topological polar surface area (TPSA) is 0 Å². The minimum Gasteiger partial charge on any atom is -1.00 e. The summed E-state index contributed by atoms with van der Waals surface area (Å²) in [7, 11) is 0. The summed E-state index contributed by atoms with van der Waals surface area (Å²) in [4.78, 5) is 0. The second kappa shape index (κ2) is 12.5. The third-order valence-corrected chi connectivity index (χ3v) is 10.4. The Hall–Kier alpha value is -1.66. The van der Waals surface area contributed by atoms with E-state index in [1.807, 2.05) is 0 Å². The summed E-state index contributed by atoms with van der Waals surface area (Å²) < 4.78 is 1.53. The summed E-state index contributed by atoms with van der Waals surface area (Å²) in [6.45, 7) is 28.0. The van der Waals surface area contributed by atoms with E-state index in [0.717, 1.165) is 6.42 Å². The van der Waals surface area contributed by atoms with Crippen LogP contribution in [-0.2, 0) is 52.8 Å². The molecule has 0 amide bonds. The largest absolute Gasteiger partial charge is 1.00 e. The normalized spacial score (nSPS) is 13.1. The van der Waals surface area contributed by atoms with E-state index in [0.29, 0.717) is 0 Å². The maximum absolute atomic E-state index is 2.55. The van der Waals surface area contributed by atoms with Crippen molar-refractivity contribution in [2.75, 3.05) is 0 Å². The van der Waals surface area contributed by atoms with Gasteiger partial charge in [0.2, 0.25) is 0 Å². The van der Waals surface area contributed by atoms with Crippen LogP contribution in [0.4, 0.5) is 0 Å². The van der Waals surface area contributed by atoms with Crippen LogP contribution in [0.3, 0.4) is 0 Å². The Labute approximate surface area is 295 Å². The monoisotopic (exact) mass is 701 g/mol. The van der Waals surface area contributed by atoms with Crippen LogP contribution in [0.5, 0.6) is 0 Å². The first kappa shape index (κ1) is 36.8. The molecule has 0 fully saturated rings. The zero-order valence-electron chi connectivity index (χ0n) is 28.8. The number of hydrogen-bond acceptors (Lipinski definition) is 0. The van der Waals surface area contributed by atoms with Gasteiger partial charge in [-0.05, 0) is 0 Å². The Bertz CT molecular complexity index is 1650. The van der Waals surface area contributed by atoms with Crippen LogP contribution in [0.2, 0.25) is 0 Å². The van der Waals surface area contributed by atoms with Crippen LogP contribution < -0.4 is 28.1 Å². The number of halogens is 2. The van der Waals surface area contributed by atoms with Crippen LogP contribution in [0, 0.1) is 0 Å². The van der Waals surface area contributed by atoms with Crippen molar-refractivity contribution in [3.05, 3.63) is 100 Å². The van der Waals surface area contributed by atoms with Gasteiger partial charge in [0.15, 0.2) is 0 Å². The van der Waals surface area contributed by atoms with Crippen LogP contribution in [0.15, 0.2) is 66.7 Å². The van der Waals surface area contributed by atoms with Crippen LogP contribution >= 0.6 is 0 Å². The molecular formula is C41H49Cl2Zr. The Kier molecular flexibility index (Phi) is 10.5. The molecule has 0 bridgehead atoms. The molecule has 0 nitrogen and oxygen atoms in total. The Balaban J connectivity index is 0.00000264. The molecule has 0 aromatic heterocycles. The Morgan fingerprint density at radius 2 is 0.909 bits per heavy atom. The molecule has 4 aromatic rings. The number of fused-ring (bicyclic) bond motifs is 3. The molecule has 4 aromatic carbocycles. The van der Waals surface area contributed by atoms with Crippen molar-refractivity contribution in [1.82, 2.24) is 0 Å². The molecule has 0 saturated carbocycles. The fourth-order valence-electron chi connectivity index (χ4n) is 6.42. The number of benzene rings is 4. The van der Waals surface area contributed by atoms with E-state index < -0.39 is 0 Å². The number of hydrogen-bond donors (Lipinski definition) is 0. The second-order valence-electron chi connectivity index (χ2n) is 16.6. The Morgan fingerprint density at radius 1 is 0.477 bits per heavy atom. The summed E-state index contributed by atoms with van der Waals surface area (Å²) in [6, 6.07) is 26.3. The van der Waals surface area contributed by atoms with Gasteiger partial charge in [-0.2, -0.15) is 0 Å². The van der Waals surface area contributed by atoms with Crippen molar-refractivity contribution in [3.8, 4) is 33.4 Å². The van der Waals surface area contributed by atoms with Gasteiger partial charge in [-0.3, -0.25) is 0 Å². The van der Waals surface area contributed by atoms with Crippen molar-refractivity contribution in [2.45, 2.75) is 111 Å². The average Bonchev–Trinajstić information content (AvgIpc) is 3.24. The summed E-state index contributed by atoms with van der Waals surface area (Å²) >= 11 is 1.49. The molecular weight excluding hydrogens is 655 g/mol. The van der Waals surface area contributed by atoms with Crippen molar-refractivity contribution >= 4 is 3.27 Å². The first-order chi connectivity index (χ1) is 19.3. The molecule has 231 valence electrons. The van der Waals surface area contributed by atoms with Crippen molar-refractivity contribution in [2.24, 2.45) is 0 Å². The molecule has 0 aliphatic heterocycles. The predicted molar refractivity (Wildman–Crippen MR) is 180 cm³/mol. The smallest absolute Gasteiger partial charge is 1.00 e. The number of rotatable bonds is 2. The first-order valence-corrected chi connectivity index (χ1v) is 16.8. The minimum absolute atomic E-state index is 0. The molecule has 44 heavy (non-hydrogen) atoms. The van der Waals surface area contributed by atoms with E-state index in [-0.39, 0.29) is 46.5 Å². The molecule has 0 heterocycles. The molecule has 0 radical (unpaired) electrons. The van der Waals surface area contributed by atoms with Crippen molar-refractivity contribution < 1.29 is 49.5 Å². The van der Waals surface area contributed by atoms with E-state index in [1.165, 1.54) is 94.8 Å². The van der Waals surface area contributed by atoms with E-state index >= 15 is 0 Å². The zero-order chi connectivity index (χ0) is 31.0. The predicted octanol–water partition coefficient (Wildman–Crippen LogP) is 4.96. The van der Waals surface area contributed by atoms with Crippen molar-refractivity contribution in [1.29, 1.82) is 0 Å². The van der Waals surface area contributed by atoms with Gasteiger partial charge >= 0.3 is 273 Å². The van der Waals surface area contributed by atoms with E-state index in [9.17, 15) is 0 Å². The van der Waals surface area contributed by atoms with Gasteiger partial charge in [0.05, 0.1) is 0 Å². The molecule has 0 saturated heterocycles. The van der Waals surface area contributed by atoms with Crippen LogP contribution in [-0.4, -0.2) is 0 Å². The maximum atomic E-state index is 2.55. The molecule has 0 unspecified atom stereocenters. The SMILES string of the molecule is CC(C)(C)c1ccc(-c2cc3c(cc2C(C)(C)C)-c2cc(C(C)(C)C)c(-c4ccc(C(C)(C)C)cc4)[c]([Zr+2])c2C3)cc1.[Cl-].[Cl-]. The molecule has 0 N–H and O–H groups in total.